The van der Waals surface area contributed by atoms with E-state index in [-0.39, 0.29) is 77.5 Å². The summed E-state index contributed by atoms with van der Waals surface area (Å²) in [5.74, 6) is -0.820. The minimum atomic E-state index is -0.712. The Morgan fingerprint density at radius 2 is 1.59 bits per heavy atom. The number of Topliss-reactive ketones (excluding diaryl/α,β-unsaturated/α-hetero) is 3. The summed E-state index contributed by atoms with van der Waals surface area (Å²) in [6.07, 6.45) is 8.78. The maximum atomic E-state index is 14.0. The van der Waals surface area contributed by atoms with Crippen molar-refractivity contribution in [2.75, 3.05) is 13.1 Å². The fraction of sp³-hybridized carbons (Fsp3) is 0.660. The summed E-state index contributed by atoms with van der Waals surface area (Å²) in [4.78, 5) is 70.5. The van der Waals surface area contributed by atoms with Crippen molar-refractivity contribution in [3.05, 3.63) is 59.7 Å². The molecule has 2 bridgehead atoms. The number of rotatable bonds is 20. The zero-order valence-corrected chi connectivity index (χ0v) is 38.5. The van der Waals surface area contributed by atoms with E-state index in [1.54, 1.807) is 24.0 Å². The lowest BCUT2D eigenvalue weighted by Gasteiger charge is -2.64. The zero-order valence-electron chi connectivity index (χ0n) is 38.5. The highest BCUT2D eigenvalue weighted by Gasteiger charge is 2.68. The van der Waals surface area contributed by atoms with E-state index < -0.39 is 37.2 Å². The molecule has 6 N–H and O–H groups in total. The standard InChI is InChI=1S/C50H72BN5O7/c1-7-8-11-32-13-15-33(16-14-32)34-17-19-35(20-18-34)48(61)56-29-37(53)28-41(56)46(59)40-22-21-39(54-40)42(57)24-30(2)47(60)55-38(12-9-10-23-52)43(58)25-31(3)51-62-45-27-36-26-44(49(36,4)5)50(45,6)63-51/h13-20,30-31,36-41,44-45,54H,7-12,21-29,52-53H2,1-6H3,(H,55,60)/t30-,31-,36+,37+,38+,39+,40?,41+,44+,45?,50+/m1/s1. The normalized spacial score (nSPS) is 29.7. The van der Waals surface area contributed by atoms with Crippen LogP contribution in [0.25, 0.3) is 11.1 Å². The van der Waals surface area contributed by atoms with E-state index in [1.807, 2.05) is 19.1 Å². The first-order chi connectivity index (χ1) is 30.0. The van der Waals surface area contributed by atoms with Crippen molar-refractivity contribution < 1.29 is 33.3 Å². The second-order valence-electron chi connectivity index (χ2n) is 20.5. The summed E-state index contributed by atoms with van der Waals surface area (Å²) in [6.45, 7) is 13.4. The minimum Gasteiger partial charge on any atom is -0.405 e. The lowest BCUT2D eigenvalue weighted by molar-refractivity contribution is -0.199. The number of carbonyl (C=O) groups excluding carboxylic acids is 5. The SMILES string of the molecule is CCCCc1ccc(-c2ccc(C(=O)N3C[C@@H](N)C[C@H]3C(=O)C3CC[C@@H](C(=O)C[C@@H](C)C(=O)N[C@@H](CCCCN)C(=O)C[C@@H](C)B4OC5C[C@@H]6C[C@@H](C6(C)C)[C@]5(C)O4)N3)cc2)cc1. The van der Waals surface area contributed by atoms with Crippen LogP contribution in [-0.2, 0) is 34.9 Å². The van der Waals surface area contributed by atoms with Gasteiger partial charge in [-0.05, 0) is 130 Å². The molecule has 3 saturated carbocycles. The maximum Gasteiger partial charge on any atom is 0.461 e. The van der Waals surface area contributed by atoms with Crippen LogP contribution in [0, 0.1) is 23.2 Å². The molecule has 13 heteroatoms. The molecule has 6 aliphatic rings. The first-order valence-corrected chi connectivity index (χ1v) is 24.0. The molecule has 6 fully saturated rings. The summed E-state index contributed by atoms with van der Waals surface area (Å²) in [5.41, 5.74) is 15.9. The molecule has 342 valence electrons. The molecule has 2 amide bonds. The van der Waals surface area contributed by atoms with Gasteiger partial charge in [-0.3, -0.25) is 29.3 Å². The molecule has 3 saturated heterocycles. The Balaban J connectivity index is 0.898. The molecule has 2 aromatic rings. The Labute approximate surface area is 375 Å². The summed E-state index contributed by atoms with van der Waals surface area (Å²) >= 11 is 0. The predicted molar refractivity (Wildman–Crippen MR) is 246 cm³/mol. The number of hydrogen-bond acceptors (Lipinski definition) is 10. The summed E-state index contributed by atoms with van der Waals surface area (Å²) in [7, 11) is -0.485. The smallest absolute Gasteiger partial charge is 0.405 e. The van der Waals surface area contributed by atoms with Crippen LogP contribution in [0.3, 0.4) is 0 Å². The number of hydrogen-bond donors (Lipinski definition) is 4. The van der Waals surface area contributed by atoms with Gasteiger partial charge in [-0.25, -0.2) is 0 Å². The number of aryl methyl sites for hydroxylation is 1. The van der Waals surface area contributed by atoms with Gasteiger partial charge in [0.2, 0.25) is 5.91 Å². The number of nitrogens with two attached hydrogens (primary N) is 2. The third-order valence-corrected chi connectivity index (χ3v) is 15.6. The Kier molecular flexibility index (Phi) is 14.8. The van der Waals surface area contributed by atoms with Gasteiger partial charge >= 0.3 is 7.12 Å². The number of nitrogens with one attached hydrogen (secondary N) is 2. The molecule has 2 unspecified atom stereocenters. The van der Waals surface area contributed by atoms with Crippen molar-refractivity contribution >= 4 is 36.3 Å². The monoisotopic (exact) mass is 866 g/mol. The second-order valence-corrected chi connectivity index (χ2v) is 20.5. The fourth-order valence-electron chi connectivity index (χ4n) is 11.4. The molecule has 3 heterocycles. The molecular formula is C50H72BN5O7. The third kappa shape index (κ3) is 10.1. The van der Waals surface area contributed by atoms with Crippen molar-refractivity contribution in [2.45, 2.75) is 173 Å². The molecule has 8 rings (SSSR count). The maximum absolute atomic E-state index is 14.0. The number of benzene rings is 2. The highest BCUT2D eigenvalue weighted by molar-refractivity contribution is 6.47. The van der Waals surface area contributed by atoms with E-state index in [2.05, 4.69) is 62.6 Å². The van der Waals surface area contributed by atoms with E-state index in [0.29, 0.717) is 56.0 Å². The van der Waals surface area contributed by atoms with Crippen LogP contribution in [0.5, 0.6) is 0 Å². The summed E-state index contributed by atoms with van der Waals surface area (Å²) in [6, 6.07) is 13.1. The Bertz CT molecular complexity index is 1980. The first kappa shape index (κ1) is 47.2. The van der Waals surface area contributed by atoms with Crippen LogP contribution >= 0.6 is 0 Å². The van der Waals surface area contributed by atoms with Crippen LogP contribution < -0.4 is 22.1 Å². The molecule has 3 aliphatic carbocycles. The molecule has 0 aromatic heterocycles. The number of carbonyl (C=O) groups is 5. The molecule has 3 aliphatic heterocycles. The van der Waals surface area contributed by atoms with Gasteiger partial charge in [-0.2, -0.15) is 0 Å². The van der Waals surface area contributed by atoms with E-state index in [0.717, 1.165) is 49.7 Å². The van der Waals surface area contributed by atoms with Gasteiger partial charge in [0.05, 0.1) is 35.9 Å². The average Bonchev–Trinajstić information content (AvgIpc) is 4.02. The van der Waals surface area contributed by atoms with Gasteiger partial charge < -0.3 is 31.0 Å². The van der Waals surface area contributed by atoms with Gasteiger partial charge in [0.15, 0.2) is 17.3 Å². The lowest BCUT2D eigenvalue weighted by Crippen LogP contribution is -2.65. The van der Waals surface area contributed by atoms with E-state index in [4.69, 9.17) is 20.8 Å². The van der Waals surface area contributed by atoms with Crippen LogP contribution in [0.15, 0.2) is 48.5 Å². The average molecular weight is 866 g/mol. The van der Waals surface area contributed by atoms with Gasteiger partial charge in [-0.15, -0.1) is 0 Å². The highest BCUT2D eigenvalue weighted by atomic mass is 16.7. The Hall–Kier alpha value is -3.75. The third-order valence-electron chi connectivity index (χ3n) is 15.6. The quantitative estimate of drug-likeness (QED) is 0.0882. The number of amides is 2. The van der Waals surface area contributed by atoms with Crippen molar-refractivity contribution in [3.8, 4) is 11.1 Å². The minimum absolute atomic E-state index is 0.0244. The van der Waals surface area contributed by atoms with Crippen LogP contribution in [0.1, 0.15) is 135 Å². The molecular weight excluding hydrogens is 793 g/mol. The van der Waals surface area contributed by atoms with Crippen molar-refractivity contribution in [3.63, 3.8) is 0 Å². The summed E-state index contributed by atoms with van der Waals surface area (Å²) < 4.78 is 13.1. The number of likely N-dealkylation sites (tertiary alicyclic amines) is 1. The predicted octanol–water partition coefficient (Wildman–Crippen LogP) is 6.21. The highest BCUT2D eigenvalue weighted by Crippen LogP contribution is 2.66. The van der Waals surface area contributed by atoms with Crippen LogP contribution in [0.4, 0.5) is 0 Å². The summed E-state index contributed by atoms with van der Waals surface area (Å²) in [5, 5.41) is 6.22. The molecule has 0 radical (unpaired) electrons. The van der Waals surface area contributed by atoms with Gasteiger partial charge in [0.25, 0.3) is 5.91 Å². The molecule has 12 nitrogen and oxygen atoms in total. The Morgan fingerprint density at radius 3 is 2.25 bits per heavy atom. The molecule has 0 spiro atoms. The first-order valence-electron chi connectivity index (χ1n) is 24.0. The molecule has 11 atom stereocenters. The second kappa shape index (κ2) is 19.8. The number of unbranched alkanes of at least 4 members (excludes halogenated alkanes) is 2. The van der Waals surface area contributed by atoms with Gasteiger partial charge in [0.1, 0.15) is 0 Å². The zero-order chi connectivity index (χ0) is 45.2. The Morgan fingerprint density at radius 1 is 0.905 bits per heavy atom. The molecule has 2 aromatic carbocycles. The van der Waals surface area contributed by atoms with Gasteiger partial charge in [0, 0.05) is 36.9 Å². The largest absolute Gasteiger partial charge is 0.461 e. The number of nitrogens with zero attached hydrogens (tertiary/aromatic N) is 1. The van der Waals surface area contributed by atoms with Crippen molar-refractivity contribution in [1.82, 2.24) is 15.5 Å². The van der Waals surface area contributed by atoms with Crippen molar-refractivity contribution in [1.29, 1.82) is 0 Å². The van der Waals surface area contributed by atoms with Gasteiger partial charge in [-0.1, -0.05) is 77.4 Å². The fourth-order valence-corrected chi connectivity index (χ4v) is 11.4. The van der Waals surface area contributed by atoms with Crippen LogP contribution in [-0.4, -0.2) is 96.2 Å². The lowest BCUT2D eigenvalue weighted by atomic mass is 9.43. The van der Waals surface area contributed by atoms with E-state index in [1.165, 1.54) is 5.56 Å². The van der Waals surface area contributed by atoms with Crippen LogP contribution in [0.2, 0.25) is 5.82 Å². The molecule has 63 heavy (non-hydrogen) atoms. The van der Waals surface area contributed by atoms with Crippen molar-refractivity contribution in [2.24, 2.45) is 34.6 Å². The topological polar surface area (TPSA) is 183 Å². The van der Waals surface area contributed by atoms with E-state index in [9.17, 15) is 24.0 Å². The number of ketones is 3. The van der Waals surface area contributed by atoms with E-state index >= 15 is 0 Å².